The van der Waals surface area contributed by atoms with Crippen LogP contribution in [0.3, 0.4) is 0 Å². The maximum atomic E-state index is 12.5. The number of amides is 1. The van der Waals surface area contributed by atoms with Crippen LogP contribution in [0.25, 0.3) is 11.4 Å². The van der Waals surface area contributed by atoms with Crippen molar-refractivity contribution in [3.05, 3.63) is 35.8 Å². The minimum Gasteiger partial charge on any atom is -0.354 e. The Labute approximate surface area is 159 Å². The van der Waals surface area contributed by atoms with Crippen molar-refractivity contribution in [3.8, 4) is 11.4 Å². The van der Waals surface area contributed by atoms with Crippen molar-refractivity contribution in [3.63, 3.8) is 0 Å². The van der Waals surface area contributed by atoms with Crippen LogP contribution in [-0.4, -0.2) is 51.9 Å². The number of hydrogen-bond acceptors (Lipinski definition) is 5. The third-order valence-electron chi connectivity index (χ3n) is 5.88. The first-order chi connectivity index (χ1) is 13.3. The number of hydrogen-bond donors (Lipinski definition) is 0. The van der Waals surface area contributed by atoms with Crippen LogP contribution in [0.2, 0.25) is 0 Å². The van der Waals surface area contributed by atoms with Gasteiger partial charge in [-0.05, 0) is 50.7 Å². The number of nitrogens with zero attached hydrogens (tertiary/aromatic N) is 5. The molecule has 0 radical (unpaired) electrons. The lowest BCUT2D eigenvalue weighted by Gasteiger charge is -2.25. The van der Waals surface area contributed by atoms with Crippen molar-refractivity contribution >= 4 is 11.7 Å². The van der Waals surface area contributed by atoms with Gasteiger partial charge >= 0.3 is 0 Å². The van der Waals surface area contributed by atoms with E-state index >= 15 is 0 Å². The van der Waals surface area contributed by atoms with Crippen LogP contribution < -0.4 is 4.90 Å². The Kier molecular flexibility index (Phi) is 4.26. The summed E-state index contributed by atoms with van der Waals surface area (Å²) in [7, 11) is 0. The van der Waals surface area contributed by atoms with E-state index < -0.39 is 0 Å². The van der Waals surface area contributed by atoms with E-state index in [1.807, 2.05) is 12.1 Å². The monoisotopic (exact) mass is 363 g/mol. The van der Waals surface area contributed by atoms with Crippen molar-refractivity contribution in [2.24, 2.45) is 5.92 Å². The van der Waals surface area contributed by atoms with Gasteiger partial charge in [0.05, 0.1) is 0 Å². The molecule has 0 atom stereocenters. The van der Waals surface area contributed by atoms with Gasteiger partial charge in [0.15, 0.2) is 5.82 Å². The van der Waals surface area contributed by atoms with E-state index in [1.54, 1.807) is 12.4 Å². The molecule has 1 saturated heterocycles. The summed E-state index contributed by atoms with van der Waals surface area (Å²) in [4.78, 5) is 30.9. The summed E-state index contributed by atoms with van der Waals surface area (Å²) in [6.45, 7) is 3.49. The standard InChI is InChI=1S/C21H25N5O/c27-21(16-5-6-16)26-12-2-11-25(13-14-26)20-17-3-1-4-18(17)23-19(24-20)15-7-9-22-10-8-15/h7-10,16H,1-6,11-14H2. The van der Waals surface area contributed by atoms with Crippen LogP contribution in [0.5, 0.6) is 0 Å². The molecule has 3 aliphatic rings. The fourth-order valence-corrected chi connectivity index (χ4v) is 4.24. The molecule has 0 spiro atoms. The van der Waals surface area contributed by atoms with Gasteiger partial charge in [0.2, 0.25) is 5.91 Å². The van der Waals surface area contributed by atoms with E-state index in [9.17, 15) is 4.79 Å². The quantitative estimate of drug-likeness (QED) is 0.838. The lowest BCUT2D eigenvalue weighted by molar-refractivity contribution is -0.132. The van der Waals surface area contributed by atoms with Crippen molar-refractivity contribution in [1.82, 2.24) is 19.9 Å². The van der Waals surface area contributed by atoms with E-state index in [0.29, 0.717) is 11.8 Å². The SMILES string of the molecule is O=C(C1CC1)N1CCCN(c2nc(-c3ccncc3)nc3c2CCC3)CC1. The van der Waals surface area contributed by atoms with Gasteiger partial charge in [0, 0.05) is 61.3 Å². The molecule has 6 nitrogen and oxygen atoms in total. The largest absolute Gasteiger partial charge is 0.354 e. The lowest BCUT2D eigenvalue weighted by atomic mass is 10.2. The van der Waals surface area contributed by atoms with Crippen LogP contribution in [0.1, 0.15) is 36.9 Å². The van der Waals surface area contributed by atoms with E-state index in [1.165, 1.54) is 11.3 Å². The molecule has 1 aliphatic heterocycles. The van der Waals surface area contributed by atoms with Crippen molar-refractivity contribution in [2.75, 3.05) is 31.1 Å². The molecular formula is C21H25N5O. The van der Waals surface area contributed by atoms with Gasteiger partial charge in [-0.25, -0.2) is 9.97 Å². The Morgan fingerprint density at radius 2 is 1.81 bits per heavy atom. The van der Waals surface area contributed by atoms with Gasteiger partial charge in [0.1, 0.15) is 5.82 Å². The van der Waals surface area contributed by atoms with Crippen LogP contribution in [0.4, 0.5) is 5.82 Å². The normalized spacial score (nSPS) is 19.7. The molecular weight excluding hydrogens is 338 g/mol. The third-order valence-corrected chi connectivity index (χ3v) is 5.88. The van der Waals surface area contributed by atoms with Crippen LogP contribution in [-0.2, 0) is 17.6 Å². The first kappa shape index (κ1) is 16.7. The second-order valence-electron chi connectivity index (χ2n) is 7.83. The van der Waals surface area contributed by atoms with E-state index in [4.69, 9.17) is 9.97 Å². The third kappa shape index (κ3) is 3.29. The number of rotatable bonds is 3. The van der Waals surface area contributed by atoms with Crippen molar-refractivity contribution in [2.45, 2.75) is 38.5 Å². The molecule has 140 valence electrons. The summed E-state index contributed by atoms with van der Waals surface area (Å²) in [6.07, 6.45) is 9.98. The van der Waals surface area contributed by atoms with E-state index in [-0.39, 0.29) is 0 Å². The second kappa shape index (κ2) is 6.91. The number of carbonyl (C=O) groups is 1. The van der Waals surface area contributed by atoms with E-state index in [2.05, 4.69) is 14.8 Å². The van der Waals surface area contributed by atoms with Gasteiger partial charge in [-0.1, -0.05) is 0 Å². The topological polar surface area (TPSA) is 62.2 Å². The maximum Gasteiger partial charge on any atom is 0.225 e. The fraction of sp³-hybridized carbons (Fsp3) is 0.524. The number of aryl methyl sites for hydroxylation is 1. The van der Waals surface area contributed by atoms with Gasteiger partial charge in [-0.2, -0.15) is 0 Å². The molecule has 0 N–H and O–H groups in total. The van der Waals surface area contributed by atoms with Gasteiger partial charge in [-0.15, -0.1) is 0 Å². The molecule has 2 fully saturated rings. The number of anilines is 1. The Hall–Kier alpha value is -2.50. The molecule has 2 aromatic rings. The predicted molar refractivity (Wildman–Crippen MR) is 103 cm³/mol. The van der Waals surface area contributed by atoms with Crippen LogP contribution in [0.15, 0.2) is 24.5 Å². The molecule has 27 heavy (non-hydrogen) atoms. The van der Waals surface area contributed by atoms with Gasteiger partial charge in [0.25, 0.3) is 0 Å². The number of aromatic nitrogens is 3. The molecule has 5 rings (SSSR count). The molecule has 1 amide bonds. The minimum atomic E-state index is 0.304. The molecule has 0 bridgehead atoms. The summed E-state index contributed by atoms with van der Waals surface area (Å²) < 4.78 is 0. The highest BCUT2D eigenvalue weighted by Gasteiger charge is 2.34. The summed E-state index contributed by atoms with van der Waals surface area (Å²) in [5.41, 5.74) is 3.53. The second-order valence-corrected chi connectivity index (χ2v) is 7.83. The molecule has 3 heterocycles. The fourth-order valence-electron chi connectivity index (χ4n) is 4.24. The summed E-state index contributed by atoms with van der Waals surface area (Å²) in [5, 5.41) is 0. The van der Waals surface area contributed by atoms with Crippen LogP contribution >= 0.6 is 0 Å². The Morgan fingerprint density at radius 1 is 0.963 bits per heavy atom. The van der Waals surface area contributed by atoms with Crippen molar-refractivity contribution < 1.29 is 4.79 Å². The summed E-state index contributed by atoms with van der Waals surface area (Å²) in [5.74, 6) is 2.55. The molecule has 6 heteroatoms. The zero-order chi connectivity index (χ0) is 18.2. The number of fused-ring (bicyclic) bond motifs is 1. The zero-order valence-electron chi connectivity index (χ0n) is 15.6. The Morgan fingerprint density at radius 3 is 2.63 bits per heavy atom. The molecule has 0 aromatic carbocycles. The Balaban J connectivity index is 1.44. The average Bonchev–Trinajstić information content (AvgIpc) is 3.49. The average molecular weight is 363 g/mol. The van der Waals surface area contributed by atoms with Gasteiger partial charge in [-0.3, -0.25) is 9.78 Å². The maximum absolute atomic E-state index is 12.5. The first-order valence-corrected chi connectivity index (χ1v) is 10.1. The minimum absolute atomic E-state index is 0.304. The molecule has 0 unspecified atom stereocenters. The zero-order valence-corrected chi connectivity index (χ0v) is 15.6. The molecule has 2 aliphatic carbocycles. The molecule has 1 saturated carbocycles. The highest BCUT2D eigenvalue weighted by Crippen LogP contribution is 2.33. The van der Waals surface area contributed by atoms with Gasteiger partial charge < -0.3 is 9.80 Å². The highest BCUT2D eigenvalue weighted by atomic mass is 16.2. The van der Waals surface area contributed by atoms with Crippen molar-refractivity contribution in [1.29, 1.82) is 0 Å². The number of carbonyl (C=O) groups excluding carboxylic acids is 1. The van der Waals surface area contributed by atoms with E-state index in [0.717, 1.165) is 81.9 Å². The first-order valence-electron chi connectivity index (χ1n) is 10.1. The Bertz CT molecular complexity index is 849. The number of pyridine rings is 1. The summed E-state index contributed by atoms with van der Waals surface area (Å²) >= 11 is 0. The highest BCUT2D eigenvalue weighted by molar-refractivity contribution is 5.81. The predicted octanol–water partition coefficient (Wildman–Crippen LogP) is 2.48. The molecule has 2 aromatic heterocycles. The summed E-state index contributed by atoms with van der Waals surface area (Å²) in [6, 6.07) is 3.94. The smallest absolute Gasteiger partial charge is 0.225 e. The lowest BCUT2D eigenvalue weighted by Crippen LogP contribution is -2.36. The van der Waals surface area contributed by atoms with Crippen LogP contribution in [0, 0.1) is 5.92 Å².